The topological polar surface area (TPSA) is 69.7 Å². The summed E-state index contributed by atoms with van der Waals surface area (Å²) >= 11 is 0. The van der Waals surface area contributed by atoms with E-state index in [0.29, 0.717) is 6.54 Å². The van der Waals surface area contributed by atoms with Gasteiger partial charge in [0.15, 0.2) is 0 Å². The van der Waals surface area contributed by atoms with Crippen LogP contribution in [0, 0.1) is 5.82 Å². The normalized spacial score (nSPS) is 18.7. The maximum Gasteiger partial charge on any atom is 0.251 e. The minimum absolute atomic E-state index is 0.0525. The molecule has 0 radical (unpaired) electrons. The lowest BCUT2D eigenvalue weighted by Crippen LogP contribution is -2.42. The van der Waals surface area contributed by atoms with Crippen LogP contribution in [-0.4, -0.2) is 56.8 Å². The second kappa shape index (κ2) is 9.89. The molecule has 1 amide bonds. The highest BCUT2D eigenvalue weighted by atomic mass is 32.2. The van der Waals surface area contributed by atoms with Crippen LogP contribution in [0.15, 0.2) is 53.4 Å². The van der Waals surface area contributed by atoms with Crippen LogP contribution in [0.5, 0.6) is 0 Å². The van der Waals surface area contributed by atoms with E-state index < -0.39 is 10.0 Å². The molecule has 2 aromatic carbocycles. The van der Waals surface area contributed by atoms with E-state index in [1.807, 2.05) is 32.0 Å². The Bertz CT molecular complexity index is 1030. The molecule has 1 aliphatic heterocycles. The van der Waals surface area contributed by atoms with Crippen molar-refractivity contribution in [3.05, 3.63) is 65.5 Å². The van der Waals surface area contributed by atoms with Gasteiger partial charge in [0.25, 0.3) is 5.91 Å². The minimum atomic E-state index is -3.66. The van der Waals surface area contributed by atoms with Crippen LogP contribution < -0.4 is 5.32 Å². The van der Waals surface area contributed by atoms with E-state index in [1.54, 1.807) is 18.2 Å². The van der Waals surface area contributed by atoms with Gasteiger partial charge in [0, 0.05) is 24.7 Å². The zero-order valence-corrected chi connectivity index (χ0v) is 19.0. The summed E-state index contributed by atoms with van der Waals surface area (Å²) in [6, 6.07) is 12.2. The monoisotopic (exact) mass is 447 g/mol. The van der Waals surface area contributed by atoms with Crippen LogP contribution in [0.4, 0.5) is 4.39 Å². The molecule has 3 rings (SSSR count). The van der Waals surface area contributed by atoms with Crippen LogP contribution in [-0.2, 0) is 10.0 Å². The second-order valence-corrected chi connectivity index (χ2v) is 10.1. The zero-order chi connectivity index (χ0) is 22.6. The van der Waals surface area contributed by atoms with Gasteiger partial charge >= 0.3 is 0 Å². The lowest BCUT2D eigenvalue weighted by Gasteiger charge is -2.32. The van der Waals surface area contributed by atoms with E-state index in [2.05, 4.69) is 5.32 Å². The number of carbonyl (C=O) groups excluding carboxylic acids is 1. The molecule has 0 aromatic heterocycles. The molecule has 31 heavy (non-hydrogen) atoms. The summed E-state index contributed by atoms with van der Waals surface area (Å²) < 4.78 is 41.3. The number of nitrogens with one attached hydrogen (secondary N) is 1. The molecule has 0 aliphatic carbocycles. The van der Waals surface area contributed by atoms with Gasteiger partial charge in [-0.1, -0.05) is 24.6 Å². The Morgan fingerprint density at radius 1 is 1.19 bits per heavy atom. The number of sulfonamides is 1. The SMILES string of the molecule is CC1CCCCN1S(=O)(=O)c1cccc(C(=O)NCC(c2cccc(F)c2)N(C)C)c1. The van der Waals surface area contributed by atoms with Crippen molar-refractivity contribution in [2.24, 2.45) is 0 Å². The van der Waals surface area contributed by atoms with E-state index in [-0.39, 0.29) is 40.8 Å². The molecule has 168 valence electrons. The van der Waals surface area contributed by atoms with Gasteiger partial charge in [-0.05, 0) is 69.8 Å². The third-order valence-electron chi connectivity index (χ3n) is 5.76. The van der Waals surface area contributed by atoms with Crippen LogP contribution in [0.1, 0.15) is 48.1 Å². The summed E-state index contributed by atoms with van der Waals surface area (Å²) in [5.74, 6) is -0.701. The minimum Gasteiger partial charge on any atom is -0.350 e. The van der Waals surface area contributed by atoms with Crippen molar-refractivity contribution >= 4 is 15.9 Å². The molecule has 1 aliphatic rings. The summed E-state index contributed by atoms with van der Waals surface area (Å²) in [5.41, 5.74) is 1.03. The van der Waals surface area contributed by atoms with Gasteiger partial charge in [0.05, 0.1) is 10.9 Å². The number of piperidine rings is 1. The molecule has 6 nitrogen and oxygen atoms in total. The molecule has 1 heterocycles. The maximum atomic E-state index is 13.6. The van der Waals surface area contributed by atoms with E-state index in [1.165, 1.54) is 28.6 Å². The lowest BCUT2D eigenvalue weighted by molar-refractivity contribution is 0.0941. The summed E-state index contributed by atoms with van der Waals surface area (Å²) in [6.07, 6.45) is 2.70. The van der Waals surface area contributed by atoms with Gasteiger partial charge in [0.1, 0.15) is 5.82 Å². The number of benzene rings is 2. The van der Waals surface area contributed by atoms with Gasteiger partial charge in [-0.25, -0.2) is 12.8 Å². The Labute approximate surface area is 184 Å². The van der Waals surface area contributed by atoms with E-state index in [4.69, 9.17) is 0 Å². The zero-order valence-electron chi connectivity index (χ0n) is 18.2. The van der Waals surface area contributed by atoms with Gasteiger partial charge in [-0.3, -0.25) is 4.79 Å². The van der Waals surface area contributed by atoms with Crippen molar-refractivity contribution in [3.63, 3.8) is 0 Å². The number of carbonyl (C=O) groups is 1. The second-order valence-electron chi connectivity index (χ2n) is 8.23. The molecule has 0 bridgehead atoms. The predicted molar refractivity (Wildman–Crippen MR) is 119 cm³/mol. The Morgan fingerprint density at radius 3 is 2.61 bits per heavy atom. The summed E-state index contributed by atoms with van der Waals surface area (Å²) in [7, 11) is 0.0555. The first-order chi connectivity index (χ1) is 14.7. The maximum absolute atomic E-state index is 13.6. The van der Waals surface area contributed by atoms with Crippen molar-refractivity contribution in [1.82, 2.24) is 14.5 Å². The molecule has 2 unspecified atom stereocenters. The molecular weight excluding hydrogens is 417 g/mol. The molecule has 0 spiro atoms. The lowest BCUT2D eigenvalue weighted by atomic mass is 10.1. The Hall–Kier alpha value is -2.29. The van der Waals surface area contributed by atoms with Gasteiger partial charge < -0.3 is 10.2 Å². The number of nitrogens with zero attached hydrogens (tertiary/aromatic N) is 2. The average Bonchev–Trinajstić information content (AvgIpc) is 2.74. The molecule has 8 heteroatoms. The first kappa shape index (κ1) is 23.4. The first-order valence-corrected chi connectivity index (χ1v) is 12.0. The largest absolute Gasteiger partial charge is 0.350 e. The summed E-state index contributed by atoms with van der Waals surface area (Å²) in [5, 5.41) is 2.85. The van der Waals surface area contributed by atoms with Crippen molar-refractivity contribution < 1.29 is 17.6 Å². The predicted octanol–water partition coefficient (Wildman–Crippen LogP) is 3.42. The Balaban J connectivity index is 1.75. The summed E-state index contributed by atoms with van der Waals surface area (Å²) in [6.45, 7) is 2.68. The summed E-state index contributed by atoms with van der Waals surface area (Å²) in [4.78, 5) is 14.8. The van der Waals surface area contributed by atoms with E-state index >= 15 is 0 Å². The molecule has 0 saturated carbocycles. The fourth-order valence-corrected chi connectivity index (χ4v) is 5.71. The first-order valence-electron chi connectivity index (χ1n) is 10.5. The number of hydrogen-bond donors (Lipinski definition) is 1. The number of rotatable bonds is 7. The van der Waals surface area contributed by atoms with E-state index in [9.17, 15) is 17.6 Å². The molecule has 1 N–H and O–H groups in total. The molecular formula is C23H30FN3O3S. The number of halogens is 1. The van der Waals surface area contributed by atoms with Crippen LogP contribution >= 0.6 is 0 Å². The number of amides is 1. The quantitative estimate of drug-likeness (QED) is 0.706. The van der Waals surface area contributed by atoms with Gasteiger partial charge in [-0.15, -0.1) is 0 Å². The molecule has 2 aromatic rings. The van der Waals surface area contributed by atoms with E-state index in [0.717, 1.165) is 24.8 Å². The van der Waals surface area contributed by atoms with Crippen LogP contribution in [0.2, 0.25) is 0 Å². The highest BCUT2D eigenvalue weighted by Gasteiger charge is 2.31. The fourth-order valence-electron chi connectivity index (χ4n) is 3.97. The highest BCUT2D eigenvalue weighted by molar-refractivity contribution is 7.89. The van der Waals surface area contributed by atoms with Gasteiger partial charge in [-0.2, -0.15) is 4.31 Å². The van der Waals surface area contributed by atoms with Crippen molar-refractivity contribution in [2.45, 2.75) is 43.2 Å². The van der Waals surface area contributed by atoms with Gasteiger partial charge in [0.2, 0.25) is 10.0 Å². The van der Waals surface area contributed by atoms with Crippen molar-refractivity contribution in [2.75, 3.05) is 27.2 Å². The molecule has 1 saturated heterocycles. The highest BCUT2D eigenvalue weighted by Crippen LogP contribution is 2.25. The molecule has 2 atom stereocenters. The average molecular weight is 448 g/mol. The Morgan fingerprint density at radius 2 is 1.94 bits per heavy atom. The number of hydrogen-bond acceptors (Lipinski definition) is 4. The third kappa shape index (κ3) is 5.50. The van der Waals surface area contributed by atoms with Crippen molar-refractivity contribution in [3.8, 4) is 0 Å². The van der Waals surface area contributed by atoms with Crippen LogP contribution in [0.3, 0.4) is 0 Å². The standard InChI is InChI=1S/C23H30FN3O3S/c1-17-8-4-5-13-27(17)31(29,30)21-12-7-10-19(15-21)23(28)25-16-22(26(2)3)18-9-6-11-20(24)14-18/h6-7,9-12,14-15,17,22H,4-5,8,13,16H2,1-3H3,(H,25,28). The third-order valence-corrected chi connectivity index (χ3v) is 7.77. The smallest absolute Gasteiger partial charge is 0.251 e. The van der Waals surface area contributed by atoms with Crippen molar-refractivity contribution in [1.29, 1.82) is 0 Å². The molecule has 1 fully saturated rings. The van der Waals surface area contributed by atoms with Crippen LogP contribution in [0.25, 0.3) is 0 Å². The fraction of sp³-hybridized carbons (Fsp3) is 0.435. The Kier molecular flexibility index (Phi) is 7.46. The number of likely N-dealkylation sites (N-methyl/N-ethyl adjacent to an activating group) is 1.